The van der Waals surface area contributed by atoms with Crippen LogP contribution < -0.4 is 32.9 Å². The van der Waals surface area contributed by atoms with Crippen molar-refractivity contribution >= 4 is 28.7 Å². The van der Waals surface area contributed by atoms with Gasteiger partial charge in [0.1, 0.15) is 23.2 Å². The van der Waals surface area contributed by atoms with E-state index in [0.29, 0.717) is 0 Å². The number of allylic oxidation sites excluding steroid dienone is 2. The lowest BCUT2D eigenvalue weighted by Crippen LogP contribution is -3.00. The van der Waals surface area contributed by atoms with Gasteiger partial charge >= 0.3 is 0 Å². The van der Waals surface area contributed by atoms with Crippen LogP contribution in [0.5, 0.6) is 0 Å². The topological polar surface area (TPSA) is 0 Å². The fourth-order valence-corrected chi connectivity index (χ4v) is 11.7. The van der Waals surface area contributed by atoms with Gasteiger partial charge in [-0.2, -0.15) is 0 Å². The van der Waals surface area contributed by atoms with Crippen LogP contribution in [0.3, 0.4) is 0 Å². The van der Waals surface area contributed by atoms with Gasteiger partial charge in [0.05, 0.1) is 6.16 Å². The minimum absolute atomic E-state index is 0. The third-order valence-electron chi connectivity index (χ3n) is 9.80. The second kappa shape index (κ2) is 12.0. The fourth-order valence-electron chi connectivity index (χ4n) is 7.32. The van der Waals surface area contributed by atoms with E-state index in [2.05, 4.69) is 137 Å². The van der Waals surface area contributed by atoms with Gasteiger partial charge in [0.2, 0.25) is 0 Å². The molecule has 0 bridgehead atoms. The van der Waals surface area contributed by atoms with Gasteiger partial charge in [0.15, 0.2) is 0 Å². The van der Waals surface area contributed by atoms with Gasteiger partial charge in [-0.3, -0.25) is 0 Å². The molecule has 2 aliphatic rings. The third-order valence-corrected chi connectivity index (χ3v) is 14.2. The Bertz CT molecular complexity index is 1400. The lowest BCUT2D eigenvalue weighted by Gasteiger charge is -2.42. The summed E-state index contributed by atoms with van der Waals surface area (Å²) in [5.74, 6) is 0. The average Bonchev–Trinajstić information content (AvgIpc) is 3.00. The van der Waals surface area contributed by atoms with Crippen LogP contribution >= 0.6 is 7.26 Å². The lowest BCUT2D eigenvalue weighted by molar-refractivity contribution is -0.00000844. The Morgan fingerprint density at radius 3 is 1.54 bits per heavy atom. The number of hydrogen-bond donors (Lipinski definition) is 0. The minimum Gasteiger partial charge on any atom is -1.00 e. The highest BCUT2D eigenvalue weighted by Gasteiger charge is 2.46. The molecule has 41 heavy (non-hydrogen) atoms. The quantitative estimate of drug-likeness (QED) is 0.220. The van der Waals surface area contributed by atoms with E-state index in [0.717, 1.165) is 6.16 Å². The molecule has 0 spiro atoms. The molecule has 0 fully saturated rings. The first-order valence-electron chi connectivity index (χ1n) is 15.2. The molecule has 2 heteroatoms. The maximum atomic E-state index is 2.60. The Hall–Kier alpha value is -2.47. The zero-order chi connectivity index (χ0) is 27.8. The molecule has 0 saturated heterocycles. The van der Waals surface area contributed by atoms with Gasteiger partial charge in [-0.1, -0.05) is 100 Å². The van der Waals surface area contributed by atoms with Crippen LogP contribution in [0.2, 0.25) is 0 Å². The van der Waals surface area contributed by atoms with Crippen molar-refractivity contribution in [3.63, 3.8) is 0 Å². The molecule has 2 aliphatic carbocycles. The van der Waals surface area contributed by atoms with E-state index >= 15 is 0 Å². The molecule has 0 saturated carbocycles. The second-order valence-corrected chi connectivity index (χ2v) is 16.8. The molecule has 0 aliphatic heterocycles. The predicted molar refractivity (Wildman–Crippen MR) is 177 cm³/mol. The van der Waals surface area contributed by atoms with Gasteiger partial charge in [0, 0.05) is 0 Å². The van der Waals surface area contributed by atoms with Crippen LogP contribution in [0.25, 0.3) is 5.57 Å². The van der Waals surface area contributed by atoms with Gasteiger partial charge in [-0.15, -0.1) is 0 Å². The van der Waals surface area contributed by atoms with Gasteiger partial charge < -0.3 is 17.0 Å². The summed E-state index contributed by atoms with van der Waals surface area (Å²) in [5, 5.41) is 4.45. The van der Waals surface area contributed by atoms with Crippen molar-refractivity contribution in [1.82, 2.24) is 0 Å². The Kier molecular flexibility index (Phi) is 8.80. The van der Waals surface area contributed by atoms with Crippen LogP contribution in [-0.4, -0.2) is 6.16 Å². The fraction of sp³-hybridized carbons (Fsp3) is 0.333. The van der Waals surface area contributed by atoms with E-state index in [1.165, 1.54) is 60.0 Å². The summed E-state index contributed by atoms with van der Waals surface area (Å²) in [7, 11) is -1.91. The molecule has 0 aromatic heterocycles. The number of benzene rings is 4. The zero-order valence-corrected chi connectivity index (χ0v) is 27.6. The Morgan fingerprint density at radius 2 is 1.02 bits per heavy atom. The van der Waals surface area contributed by atoms with Crippen molar-refractivity contribution in [1.29, 1.82) is 0 Å². The van der Waals surface area contributed by atoms with Crippen LogP contribution in [0.15, 0.2) is 115 Å². The summed E-state index contributed by atoms with van der Waals surface area (Å²) in [6.07, 6.45) is 8.61. The van der Waals surface area contributed by atoms with Gasteiger partial charge in [-0.05, 0) is 114 Å². The summed E-state index contributed by atoms with van der Waals surface area (Å²) >= 11 is 0. The highest BCUT2D eigenvalue weighted by atomic mass is 79.9. The Morgan fingerprint density at radius 1 is 0.561 bits per heavy atom. The number of halogens is 1. The highest BCUT2D eigenvalue weighted by Crippen LogP contribution is 2.58. The molecule has 0 atom stereocenters. The molecular formula is C39H44BrP. The molecule has 4 aromatic carbocycles. The summed E-state index contributed by atoms with van der Waals surface area (Å²) in [5.41, 5.74) is 8.40. The summed E-state index contributed by atoms with van der Waals surface area (Å²) in [4.78, 5) is 0. The molecule has 0 radical (unpaired) electrons. The third kappa shape index (κ3) is 5.66. The maximum absolute atomic E-state index is 2.60. The van der Waals surface area contributed by atoms with E-state index in [1.54, 1.807) is 22.3 Å². The largest absolute Gasteiger partial charge is 1.00 e. The zero-order valence-electron chi connectivity index (χ0n) is 25.2. The van der Waals surface area contributed by atoms with Crippen LogP contribution in [0.4, 0.5) is 0 Å². The van der Waals surface area contributed by atoms with Crippen molar-refractivity contribution in [2.75, 3.05) is 6.16 Å². The molecule has 0 heterocycles. The number of hydrogen-bond acceptors (Lipinski definition) is 0. The molecule has 0 N–H and O–H groups in total. The minimum atomic E-state index is -1.91. The second-order valence-electron chi connectivity index (χ2n) is 13.3. The summed E-state index contributed by atoms with van der Waals surface area (Å²) in [6, 6.07) is 41.8. The van der Waals surface area contributed by atoms with E-state index in [1.807, 2.05) is 0 Å². The van der Waals surface area contributed by atoms with E-state index in [-0.39, 0.29) is 27.8 Å². The summed E-state index contributed by atoms with van der Waals surface area (Å²) in [6.45, 7) is 9.78. The first kappa shape index (κ1) is 30.0. The Balaban J connectivity index is 0.00000337. The SMILES string of the molecule is CC1(C)CCC(C)(C)c2cc(C3=C(C[P+](c4ccccc4)(c4ccccc4)c4ccccc4)CCCC3)ccc21.[Br-]. The molecule has 0 amide bonds. The monoisotopic (exact) mass is 622 g/mol. The van der Waals surface area contributed by atoms with Gasteiger partial charge in [0.25, 0.3) is 0 Å². The molecule has 4 aromatic rings. The number of rotatable bonds is 6. The van der Waals surface area contributed by atoms with Crippen molar-refractivity contribution < 1.29 is 17.0 Å². The first-order valence-corrected chi connectivity index (χ1v) is 17.2. The standard InChI is InChI=1S/C39H44P.BrH/c1-38(2)26-27-39(3,4)37-28-30(24-25-36(37)38)35-23-15-14-16-31(35)29-40(32-17-8-5-9-18-32,33-19-10-6-11-20-33)34-21-12-7-13-22-34;/h5-13,17-22,24-25,28H,14-16,23,26-27,29H2,1-4H3;1H/q+1;/p-1. The molecular weight excluding hydrogens is 579 g/mol. The van der Waals surface area contributed by atoms with Crippen molar-refractivity contribution in [2.24, 2.45) is 0 Å². The van der Waals surface area contributed by atoms with Crippen molar-refractivity contribution in [3.8, 4) is 0 Å². The van der Waals surface area contributed by atoms with Crippen molar-refractivity contribution in [3.05, 3.63) is 131 Å². The predicted octanol–water partition coefficient (Wildman–Crippen LogP) is 6.36. The van der Waals surface area contributed by atoms with Crippen LogP contribution in [0.1, 0.15) is 82.9 Å². The Labute approximate surface area is 259 Å². The van der Waals surface area contributed by atoms with Crippen LogP contribution in [-0.2, 0) is 10.8 Å². The number of fused-ring (bicyclic) bond motifs is 1. The van der Waals surface area contributed by atoms with E-state index < -0.39 is 7.26 Å². The van der Waals surface area contributed by atoms with E-state index in [4.69, 9.17) is 0 Å². The lowest BCUT2D eigenvalue weighted by atomic mass is 9.62. The molecule has 212 valence electrons. The smallest absolute Gasteiger partial charge is 0.116 e. The molecule has 6 rings (SSSR count). The average molecular weight is 624 g/mol. The normalized spacial score (nSPS) is 17.9. The highest BCUT2D eigenvalue weighted by molar-refractivity contribution is 7.95. The summed E-state index contributed by atoms with van der Waals surface area (Å²) < 4.78 is 0. The first-order chi connectivity index (χ1) is 19.3. The van der Waals surface area contributed by atoms with E-state index in [9.17, 15) is 0 Å². The van der Waals surface area contributed by atoms with Crippen molar-refractivity contribution in [2.45, 2.75) is 77.0 Å². The van der Waals surface area contributed by atoms with Gasteiger partial charge in [-0.25, -0.2) is 0 Å². The molecule has 0 unspecified atom stereocenters. The molecule has 0 nitrogen and oxygen atoms in total. The van der Waals surface area contributed by atoms with Crippen LogP contribution in [0, 0.1) is 0 Å². The maximum Gasteiger partial charge on any atom is 0.116 e.